The summed E-state index contributed by atoms with van der Waals surface area (Å²) in [5, 5.41) is 9.38. The molecule has 8 heteroatoms. The van der Waals surface area contributed by atoms with Gasteiger partial charge >= 0.3 is 11.9 Å². The smallest absolute Gasteiger partial charge is 0.348 e. The summed E-state index contributed by atoms with van der Waals surface area (Å²) in [5.41, 5.74) is 6.11. The number of rotatable bonds is 7. The zero-order valence-corrected chi connectivity index (χ0v) is 14.3. The molecule has 0 saturated carbocycles. The molecule has 7 nitrogen and oxygen atoms in total. The number of ether oxygens (including phenoxy) is 3. The average molecular weight is 360 g/mol. The highest BCUT2D eigenvalue weighted by Crippen LogP contribution is 2.31. The standard InChI is InChI=1S/C17H16N2O5S/c1-2-22-17(21)15-13(12(8-18)16(19)25-15)9-24-14(20)10-23-11-6-4-3-5-7-11/h3-7H,2,9-10,19H2,1H3. The first-order chi connectivity index (χ1) is 12.1. The summed E-state index contributed by atoms with van der Waals surface area (Å²) in [4.78, 5) is 23.9. The summed E-state index contributed by atoms with van der Waals surface area (Å²) in [6.45, 7) is 1.30. The minimum atomic E-state index is -0.632. The molecule has 0 aliphatic rings. The van der Waals surface area contributed by atoms with Gasteiger partial charge in [0.05, 0.1) is 12.2 Å². The van der Waals surface area contributed by atoms with Crippen LogP contribution in [0.1, 0.15) is 27.7 Å². The fraction of sp³-hybridized carbons (Fsp3) is 0.235. The zero-order chi connectivity index (χ0) is 18.2. The highest BCUT2D eigenvalue weighted by atomic mass is 32.1. The fourth-order valence-electron chi connectivity index (χ4n) is 1.96. The van der Waals surface area contributed by atoms with Crippen molar-refractivity contribution in [3.63, 3.8) is 0 Å². The van der Waals surface area contributed by atoms with Gasteiger partial charge < -0.3 is 19.9 Å². The first kappa shape index (κ1) is 18.3. The Hall–Kier alpha value is -3.05. The third-order valence-electron chi connectivity index (χ3n) is 3.08. The summed E-state index contributed by atoms with van der Waals surface area (Å²) in [5.74, 6) is -0.705. The molecule has 0 fully saturated rings. The van der Waals surface area contributed by atoms with Crippen LogP contribution in [0.25, 0.3) is 0 Å². The summed E-state index contributed by atoms with van der Waals surface area (Å²) in [7, 11) is 0. The van der Waals surface area contributed by atoms with Crippen LogP contribution in [0, 0.1) is 11.3 Å². The minimum Gasteiger partial charge on any atom is -0.482 e. The van der Waals surface area contributed by atoms with Crippen molar-refractivity contribution in [2.24, 2.45) is 0 Å². The third kappa shape index (κ3) is 4.71. The predicted molar refractivity (Wildman–Crippen MR) is 91.1 cm³/mol. The molecule has 2 N–H and O–H groups in total. The number of carbonyl (C=O) groups is 2. The SMILES string of the molecule is CCOC(=O)c1sc(N)c(C#N)c1COC(=O)COc1ccccc1. The molecule has 0 amide bonds. The Bertz CT molecular complexity index is 795. The molecule has 0 spiro atoms. The number of hydrogen-bond acceptors (Lipinski definition) is 8. The van der Waals surface area contributed by atoms with Crippen LogP contribution in [-0.4, -0.2) is 25.2 Å². The van der Waals surface area contributed by atoms with E-state index in [1.807, 2.05) is 12.1 Å². The molecule has 25 heavy (non-hydrogen) atoms. The number of nitrogen functional groups attached to an aromatic ring is 1. The number of anilines is 1. The second-order valence-electron chi connectivity index (χ2n) is 4.74. The van der Waals surface area contributed by atoms with Gasteiger partial charge in [-0.1, -0.05) is 18.2 Å². The van der Waals surface area contributed by atoms with Crippen LogP contribution in [0.2, 0.25) is 0 Å². The van der Waals surface area contributed by atoms with E-state index in [1.165, 1.54) is 0 Å². The van der Waals surface area contributed by atoms with E-state index in [4.69, 9.17) is 19.9 Å². The third-order valence-corrected chi connectivity index (χ3v) is 4.13. The van der Waals surface area contributed by atoms with Gasteiger partial charge in [0.25, 0.3) is 0 Å². The molecule has 0 aliphatic carbocycles. The maximum atomic E-state index is 12.0. The van der Waals surface area contributed by atoms with E-state index in [0.717, 1.165) is 11.3 Å². The van der Waals surface area contributed by atoms with Crippen LogP contribution in [0.5, 0.6) is 5.75 Å². The second-order valence-corrected chi connectivity index (χ2v) is 5.80. The molecule has 1 aromatic carbocycles. The van der Waals surface area contributed by atoms with Gasteiger partial charge in [0.15, 0.2) is 6.61 Å². The lowest BCUT2D eigenvalue weighted by Gasteiger charge is -2.08. The molecular formula is C17H16N2O5S. The second kappa shape index (κ2) is 8.70. The van der Waals surface area contributed by atoms with Gasteiger partial charge in [0, 0.05) is 5.56 Å². The predicted octanol–water partition coefficient (Wildman–Crippen LogP) is 2.50. The Morgan fingerprint density at radius 1 is 1.24 bits per heavy atom. The quantitative estimate of drug-likeness (QED) is 0.755. The van der Waals surface area contributed by atoms with Crippen LogP contribution in [0.4, 0.5) is 5.00 Å². The van der Waals surface area contributed by atoms with E-state index >= 15 is 0 Å². The van der Waals surface area contributed by atoms with E-state index in [9.17, 15) is 14.9 Å². The van der Waals surface area contributed by atoms with Crippen molar-refractivity contribution in [3.05, 3.63) is 46.3 Å². The topological polar surface area (TPSA) is 112 Å². The Labute approximate surface area is 148 Å². The van der Waals surface area contributed by atoms with Crippen molar-refractivity contribution in [2.45, 2.75) is 13.5 Å². The Kier molecular flexibility index (Phi) is 6.37. The molecule has 1 aromatic heterocycles. The fourth-order valence-corrected chi connectivity index (χ4v) is 2.88. The number of nitriles is 1. The number of para-hydroxylation sites is 1. The van der Waals surface area contributed by atoms with E-state index < -0.39 is 11.9 Å². The van der Waals surface area contributed by atoms with E-state index in [1.54, 1.807) is 31.2 Å². The molecule has 0 atom stereocenters. The van der Waals surface area contributed by atoms with Crippen LogP contribution in [-0.2, 0) is 20.9 Å². The lowest BCUT2D eigenvalue weighted by Crippen LogP contribution is -2.16. The van der Waals surface area contributed by atoms with Gasteiger partial charge in [-0.25, -0.2) is 9.59 Å². The van der Waals surface area contributed by atoms with Crippen LogP contribution >= 0.6 is 11.3 Å². The Balaban J connectivity index is 2.02. The number of thiophene rings is 1. The Morgan fingerprint density at radius 2 is 1.96 bits per heavy atom. The molecule has 2 aromatic rings. The number of benzene rings is 1. The van der Waals surface area contributed by atoms with Crippen molar-refractivity contribution in [2.75, 3.05) is 18.9 Å². The molecule has 0 saturated heterocycles. The average Bonchev–Trinajstić information content (AvgIpc) is 2.94. The largest absolute Gasteiger partial charge is 0.482 e. The minimum absolute atomic E-state index is 0.116. The molecule has 1 heterocycles. The molecule has 0 unspecified atom stereocenters. The number of esters is 2. The van der Waals surface area contributed by atoms with Gasteiger partial charge in [0.1, 0.15) is 28.3 Å². The monoisotopic (exact) mass is 360 g/mol. The van der Waals surface area contributed by atoms with Gasteiger partial charge in [-0.2, -0.15) is 5.26 Å². The lowest BCUT2D eigenvalue weighted by atomic mass is 10.1. The first-order valence-electron chi connectivity index (χ1n) is 7.38. The van der Waals surface area contributed by atoms with Crippen molar-refractivity contribution < 1.29 is 23.8 Å². The molecule has 130 valence electrons. The molecule has 0 bridgehead atoms. The van der Waals surface area contributed by atoms with Crippen LogP contribution < -0.4 is 10.5 Å². The number of nitrogens with zero attached hydrogens (tertiary/aromatic N) is 1. The van der Waals surface area contributed by atoms with Crippen molar-refractivity contribution >= 4 is 28.3 Å². The maximum absolute atomic E-state index is 12.0. The highest BCUT2D eigenvalue weighted by Gasteiger charge is 2.23. The van der Waals surface area contributed by atoms with Crippen molar-refractivity contribution in [1.82, 2.24) is 0 Å². The summed E-state index contributed by atoms with van der Waals surface area (Å²) in [6, 6.07) is 10.7. The highest BCUT2D eigenvalue weighted by molar-refractivity contribution is 7.18. The zero-order valence-electron chi connectivity index (χ0n) is 13.5. The maximum Gasteiger partial charge on any atom is 0.348 e. The number of carbonyl (C=O) groups excluding carboxylic acids is 2. The number of hydrogen-bond donors (Lipinski definition) is 1. The van der Waals surface area contributed by atoms with Gasteiger partial charge in [0.2, 0.25) is 0 Å². The van der Waals surface area contributed by atoms with Crippen molar-refractivity contribution in [1.29, 1.82) is 5.26 Å². The molecule has 2 rings (SSSR count). The van der Waals surface area contributed by atoms with Crippen LogP contribution in [0.15, 0.2) is 30.3 Å². The molecular weight excluding hydrogens is 344 g/mol. The summed E-state index contributed by atoms with van der Waals surface area (Å²) >= 11 is 0.934. The van der Waals surface area contributed by atoms with E-state index in [-0.39, 0.29) is 40.8 Å². The van der Waals surface area contributed by atoms with E-state index in [0.29, 0.717) is 5.75 Å². The van der Waals surface area contributed by atoms with E-state index in [2.05, 4.69) is 0 Å². The first-order valence-corrected chi connectivity index (χ1v) is 8.20. The summed E-state index contributed by atoms with van der Waals surface area (Å²) < 4.78 is 15.3. The normalized spacial score (nSPS) is 9.92. The Morgan fingerprint density at radius 3 is 2.60 bits per heavy atom. The lowest BCUT2D eigenvalue weighted by molar-refractivity contribution is -0.147. The van der Waals surface area contributed by atoms with Gasteiger partial charge in [-0.15, -0.1) is 11.3 Å². The van der Waals surface area contributed by atoms with Gasteiger partial charge in [-0.3, -0.25) is 0 Å². The summed E-state index contributed by atoms with van der Waals surface area (Å²) in [6.07, 6.45) is 0. The number of nitrogens with two attached hydrogens (primary N) is 1. The van der Waals surface area contributed by atoms with Crippen molar-refractivity contribution in [3.8, 4) is 11.8 Å². The van der Waals surface area contributed by atoms with Gasteiger partial charge in [-0.05, 0) is 19.1 Å². The molecule has 0 aliphatic heterocycles. The molecule has 0 radical (unpaired) electrons. The van der Waals surface area contributed by atoms with Crippen LogP contribution in [0.3, 0.4) is 0 Å².